The summed E-state index contributed by atoms with van der Waals surface area (Å²) in [7, 11) is 0. The second-order valence-corrected chi connectivity index (χ2v) is 7.03. The van der Waals surface area contributed by atoms with Crippen LogP contribution in [0, 0.1) is 11.6 Å². The number of halogens is 3. The summed E-state index contributed by atoms with van der Waals surface area (Å²) >= 11 is 0. The van der Waals surface area contributed by atoms with E-state index in [0.29, 0.717) is 22.0 Å². The Kier molecular flexibility index (Phi) is 5.36. The average Bonchev–Trinajstić information content (AvgIpc) is 3.06. The van der Waals surface area contributed by atoms with Gasteiger partial charge in [-0.1, -0.05) is 24.3 Å². The SMILES string of the molecule is O=c1c2cccc(COC3(F)C=CC(c4cc(F)ccc4F)=CC3)c2[nH]n1CCO. The van der Waals surface area contributed by atoms with Crippen molar-refractivity contribution in [2.75, 3.05) is 6.61 Å². The van der Waals surface area contributed by atoms with E-state index in [2.05, 4.69) is 5.10 Å². The van der Waals surface area contributed by atoms with Crippen LogP contribution in [0.2, 0.25) is 0 Å². The predicted molar refractivity (Wildman–Crippen MR) is 106 cm³/mol. The van der Waals surface area contributed by atoms with Gasteiger partial charge in [0, 0.05) is 17.5 Å². The van der Waals surface area contributed by atoms with Crippen LogP contribution >= 0.6 is 0 Å². The molecule has 0 fully saturated rings. The van der Waals surface area contributed by atoms with E-state index < -0.39 is 17.5 Å². The molecule has 1 aliphatic carbocycles. The van der Waals surface area contributed by atoms with Crippen molar-refractivity contribution in [3.8, 4) is 0 Å². The largest absolute Gasteiger partial charge is 0.394 e. The number of hydrogen-bond acceptors (Lipinski definition) is 3. The number of aromatic amines is 1. The normalized spacial score (nSPS) is 18.7. The molecule has 1 unspecified atom stereocenters. The van der Waals surface area contributed by atoms with Crippen LogP contribution in [0.1, 0.15) is 17.5 Å². The van der Waals surface area contributed by atoms with Crippen molar-refractivity contribution < 1.29 is 23.0 Å². The molecule has 1 atom stereocenters. The summed E-state index contributed by atoms with van der Waals surface area (Å²) in [4.78, 5) is 12.3. The van der Waals surface area contributed by atoms with Crippen LogP contribution in [0.3, 0.4) is 0 Å². The maximum atomic E-state index is 15.1. The number of aliphatic hydroxyl groups is 1. The lowest BCUT2D eigenvalue weighted by Crippen LogP contribution is -2.25. The van der Waals surface area contributed by atoms with Gasteiger partial charge in [0.05, 0.1) is 30.7 Å². The lowest BCUT2D eigenvalue weighted by Gasteiger charge is -2.24. The second-order valence-electron chi connectivity index (χ2n) is 7.03. The molecule has 0 radical (unpaired) electrons. The Morgan fingerprint density at radius 1 is 1.23 bits per heavy atom. The number of hydrogen-bond donors (Lipinski definition) is 2. The Labute approximate surface area is 169 Å². The molecule has 30 heavy (non-hydrogen) atoms. The van der Waals surface area contributed by atoms with Crippen molar-refractivity contribution >= 4 is 16.5 Å². The van der Waals surface area contributed by atoms with E-state index in [9.17, 15) is 13.6 Å². The third-order valence-corrected chi connectivity index (χ3v) is 5.02. The van der Waals surface area contributed by atoms with Crippen LogP contribution in [0.15, 0.2) is 59.4 Å². The van der Waals surface area contributed by atoms with E-state index in [1.165, 1.54) is 22.9 Å². The number of para-hydroxylation sites is 1. The van der Waals surface area contributed by atoms with Crippen LogP contribution in [-0.2, 0) is 17.9 Å². The molecular weight excluding hydrogens is 397 g/mol. The number of fused-ring (bicyclic) bond motifs is 1. The molecule has 8 heteroatoms. The van der Waals surface area contributed by atoms with Gasteiger partial charge in [-0.3, -0.25) is 9.89 Å². The highest BCUT2D eigenvalue weighted by molar-refractivity contribution is 5.81. The van der Waals surface area contributed by atoms with Gasteiger partial charge < -0.3 is 9.84 Å². The molecule has 1 aromatic heterocycles. The Balaban J connectivity index is 1.52. The first kappa shape index (κ1) is 20.2. The zero-order valence-electron chi connectivity index (χ0n) is 15.9. The first-order valence-corrected chi connectivity index (χ1v) is 9.39. The molecular formula is C22H19F3N2O3. The van der Waals surface area contributed by atoms with Gasteiger partial charge in [-0.2, -0.15) is 0 Å². The Bertz CT molecular complexity index is 1210. The molecule has 3 aromatic rings. The maximum absolute atomic E-state index is 15.1. The molecule has 0 aliphatic heterocycles. The third kappa shape index (κ3) is 3.83. The van der Waals surface area contributed by atoms with Gasteiger partial charge in [-0.15, -0.1) is 0 Å². The van der Waals surface area contributed by atoms with Crippen molar-refractivity contribution in [2.45, 2.75) is 25.4 Å². The second kappa shape index (κ2) is 7.97. The monoisotopic (exact) mass is 416 g/mol. The van der Waals surface area contributed by atoms with Crippen molar-refractivity contribution in [1.29, 1.82) is 0 Å². The van der Waals surface area contributed by atoms with Crippen molar-refractivity contribution in [3.05, 3.63) is 87.7 Å². The van der Waals surface area contributed by atoms with E-state index >= 15 is 4.39 Å². The Morgan fingerprint density at radius 3 is 2.80 bits per heavy atom. The number of ether oxygens (including phenoxy) is 1. The number of nitrogens with one attached hydrogen (secondary N) is 1. The number of benzene rings is 2. The van der Waals surface area contributed by atoms with Crippen molar-refractivity contribution in [1.82, 2.24) is 9.78 Å². The van der Waals surface area contributed by atoms with Gasteiger partial charge in [0.2, 0.25) is 5.85 Å². The van der Waals surface area contributed by atoms with E-state index in [4.69, 9.17) is 9.84 Å². The van der Waals surface area contributed by atoms with Gasteiger partial charge >= 0.3 is 0 Å². The topological polar surface area (TPSA) is 67.2 Å². The third-order valence-electron chi connectivity index (χ3n) is 5.02. The average molecular weight is 416 g/mol. The molecule has 0 saturated heterocycles. The molecule has 1 aliphatic rings. The van der Waals surface area contributed by atoms with Crippen molar-refractivity contribution in [3.63, 3.8) is 0 Å². The molecule has 0 amide bonds. The number of nitrogens with zero attached hydrogens (tertiary/aromatic N) is 1. The van der Waals surface area contributed by atoms with Gasteiger partial charge in [-0.25, -0.2) is 17.9 Å². The van der Waals surface area contributed by atoms with Crippen LogP contribution in [0.4, 0.5) is 13.2 Å². The van der Waals surface area contributed by atoms with E-state index in [-0.39, 0.29) is 37.3 Å². The predicted octanol–water partition coefficient (Wildman–Crippen LogP) is 3.83. The smallest absolute Gasteiger partial charge is 0.274 e. The lowest BCUT2D eigenvalue weighted by molar-refractivity contribution is -0.113. The minimum Gasteiger partial charge on any atom is -0.394 e. The summed E-state index contributed by atoms with van der Waals surface area (Å²) in [5.74, 6) is -3.30. The Hall–Kier alpha value is -3.10. The number of alkyl halides is 1. The van der Waals surface area contributed by atoms with E-state index in [1.54, 1.807) is 18.2 Å². The Morgan fingerprint density at radius 2 is 2.07 bits per heavy atom. The first-order chi connectivity index (χ1) is 14.4. The fourth-order valence-electron chi connectivity index (χ4n) is 3.44. The van der Waals surface area contributed by atoms with Gasteiger partial charge in [-0.05, 0) is 35.9 Å². The molecule has 0 bridgehead atoms. The molecule has 2 aromatic carbocycles. The maximum Gasteiger partial charge on any atom is 0.274 e. The zero-order valence-corrected chi connectivity index (χ0v) is 15.9. The highest BCUT2D eigenvalue weighted by Crippen LogP contribution is 2.33. The molecule has 0 saturated carbocycles. The molecule has 156 valence electrons. The van der Waals surface area contributed by atoms with Crippen LogP contribution in [-0.4, -0.2) is 27.3 Å². The minimum absolute atomic E-state index is 0.0564. The van der Waals surface area contributed by atoms with E-state index in [1.807, 2.05) is 0 Å². The summed E-state index contributed by atoms with van der Waals surface area (Å²) in [6, 6.07) is 8.13. The lowest BCUT2D eigenvalue weighted by atomic mass is 9.96. The summed E-state index contributed by atoms with van der Waals surface area (Å²) in [6.07, 6.45) is 3.82. The molecule has 1 heterocycles. The number of aliphatic hydroxyl groups excluding tert-OH is 1. The summed E-state index contributed by atoms with van der Waals surface area (Å²) in [6.45, 7) is -0.194. The fourth-order valence-corrected chi connectivity index (χ4v) is 3.44. The van der Waals surface area contributed by atoms with Gasteiger partial charge in [0.15, 0.2) is 0 Å². The number of aromatic nitrogens is 2. The highest BCUT2D eigenvalue weighted by atomic mass is 19.2. The first-order valence-electron chi connectivity index (χ1n) is 9.39. The van der Waals surface area contributed by atoms with Gasteiger partial charge in [0.25, 0.3) is 5.56 Å². The molecule has 5 nitrogen and oxygen atoms in total. The zero-order chi connectivity index (χ0) is 21.3. The van der Waals surface area contributed by atoms with Crippen molar-refractivity contribution in [2.24, 2.45) is 0 Å². The summed E-state index contributed by atoms with van der Waals surface area (Å²) in [5, 5.41) is 12.4. The number of H-pyrrole nitrogens is 1. The molecule has 0 spiro atoms. The van der Waals surface area contributed by atoms with E-state index in [0.717, 1.165) is 18.2 Å². The highest BCUT2D eigenvalue weighted by Gasteiger charge is 2.29. The van der Waals surface area contributed by atoms with Crippen LogP contribution in [0.25, 0.3) is 16.5 Å². The standard InChI is InChI=1S/C22H19F3N2O3/c23-16-4-5-19(24)18(12-16)14-6-8-22(25,9-7-14)30-13-15-2-1-3-17-20(15)26-27(10-11-28)21(17)29/h1-8,12,26,28H,9-11,13H2. The van der Waals surface area contributed by atoms with Gasteiger partial charge in [0.1, 0.15) is 11.6 Å². The summed E-state index contributed by atoms with van der Waals surface area (Å²) < 4.78 is 49.2. The summed E-state index contributed by atoms with van der Waals surface area (Å²) in [5.41, 5.74) is 1.24. The fraction of sp³-hybridized carbons (Fsp3) is 0.227. The number of allylic oxidation sites excluding steroid dienone is 2. The minimum atomic E-state index is -2.12. The number of rotatable bonds is 6. The molecule has 4 rings (SSSR count). The quantitative estimate of drug-likeness (QED) is 0.642. The van der Waals surface area contributed by atoms with Crippen LogP contribution < -0.4 is 5.56 Å². The molecule has 2 N–H and O–H groups in total. The van der Waals surface area contributed by atoms with Crippen LogP contribution in [0.5, 0.6) is 0 Å².